The molecule has 0 radical (unpaired) electrons. The zero-order chi connectivity index (χ0) is 63.5. The molecule has 7 atom stereocenters. The Morgan fingerprint density at radius 3 is 1.44 bits per heavy atom. The molecule has 84 heavy (non-hydrogen) atoms. The number of esters is 1. The zero-order valence-electron chi connectivity index (χ0n) is 48.3. The number of hydrogen-bond acceptors (Lipinski definition) is 20. The number of aliphatic hydroxyl groups is 2. The van der Waals surface area contributed by atoms with E-state index in [0.717, 1.165) is 46.5 Å². The van der Waals surface area contributed by atoms with Gasteiger partial charge in [-0.3, -0.25) is 82.7 Å². The lowest BCUT2D eigenvalue weighted by molar-refractivity contribution is -0.163. The molecule has 3 unspecified atom stereocenters. The van der Waals surface area contributed by atoms with Gasteiger partial charge in [0.1, 0.15) is 55.4 Å². The summed E-state index contributed by atoms with van der Waals surface area (Å²) in [5.41, 5.74) is 0. The van der Waals surface area contributed by atoms with E-state index in [-0.39, 0.29) is 64.6 Å². The molecule has 1 heterocycles. The third kappa shape index (κ3) is 29.9. The number of carbonyl (C=O) groups excluding carboxylic acids is 14. The van der Waals surface area contributed by atoms with Crippen LogP contribution in [-0.2, 0) is 71.9 Å². The maximum Gasteiger partial charge on any atom is 0.325 e. The monoisotopic (exact) mass is 1200 g/mol. The van der Waals surface area contributed by atoms with Gasteiger partial charge in [0.05, 0.1) is 26.3 Å². The molecule has 1 fully saturated rings. The Bertz CT molecular complexity index is 2290. The molecular weight excluding hydrogens is 1110 g/mol. The number of hydroxylamine groups is 6. The van der Waals surface area contributed by atoms with E-state index in [2.05, 4.69) is 60.1 Å². The van der Waals surface area contributed by atoms with Gasteiger partial charge in [0, 0.05) is 46.8 Å². The minimum atomic E-state index is -1.84. The second-order valence-electron chi connectivity index (χ2n) is 19.9. The summed E-state index contributed by atoms with van der Waals surface area (Å²) < 4.78 is 5.28. The molecule has 0 aromatic rings. The summed E-state index contributed by atoms with van der Waals surface area (Å²) >= 11 is 0. The molecular formula is C51H85N13O20. The smallest absolute Gasteiger partial charge is 0.325 e. The summed E-state index contributed by atoms with van der Waals surface area (Å²) in [6.07, 6.45) is 6.09. The predicted octanol–water partition coefficient (Wildman–Crippen LogP) is -5.10. The molecule has 1 aliphatic heterocycles. The van der Waals surface area contributed by atoms with Gasteiger partial charge in [-0.05, 0) is 57.3 Å². The third-order valence-electron chi connectivity index (χ3n) is 12.5. The summed E-state index contributed by atoms with van der Waals surface area (Å²) in [7, 11) is 0. The first-order valence-corrected chi connectivity index (χ1v) is 27.5. The fourth-order valence-electron chi connectivity index (χ4n) is 7.61. The molecule has 1 rings (SSSR count). The molecule has 0 spiro atoms. The van der Waals surface area contributed by atoms with Crippen LogP contribution in [0.25, 0.3) is 0 Å². The third-order valence-corrected chi connectivity index (χ3v) is 12.5. The summed E-state index contributed by atoms with van der Waals surface area (Å²) in [5, 5.41) is 74.2. The second kappa shape index (κ2) is 40.4. The highest BCUT2D eigenvalue weighted by Crippen LogP contribution is 2.08. The van der Waals surface area contributed by atoms with Crippen molar-refractivity contribution in [1.82, 2.24) is 68.4 Å². The van der Waals surface area contributed by atoms with Gasteiger partial charge < -0.3 is 68.1 Å². The fraction of sp³-hybridized carbons (Fsp3) is 0.686. The van der Waals surface area contributed by atoms with Crippen LogP contribution in [0, 0.1) is 5.92 Å². The molecule has 0 aromatic heterocycles. The van der Waals surface area contributed by atoms with Gasteiger partial charge in [0.25, 0.3) is 0 Å². The number of hydrogen-bond donors (Lipinski definition) is 15. The van der Waals surface area contributed by atoms with Gasteiger partial charge in [-0.1, -0.05) is 52.2 Å². The average Bonchev–Trinajstić information content (AvgIpc) is 3.57. The first-order chi connectivity index (χ1) is 39.6. The van der Waals surface area contributed by atoms with Crippen LogP contribution in [0.5, 0.6) is 0 Å². The van der Waals surface area contributed by atoms with E-state index in [1.54, 1.807) is 12.2 Å². The molecule has 1 saturated heterocycles. The van der Waals surface area contributed by atoms with Crippen LogP contribution in [0.2, 0.25) is 0 Å². The molecule has 1 aliphatic rings. The number of carbonyl (C=O) groups is 14. The highest BCUT2D eigenvalue weighted by Gasteiger charge is 2.34. The number of ether oxygens (including phenoxy) is 1. The molecule has 13 amide bonds. The van der Waals surface area contributed by atoms with Gasteiger partial charge in [-0.25, -0.2) is 15.2 Å². The van der Waals surface area contributed by atoms with Crippen molar-refractivity contribution in [1.29, 1.82) is 0 Å². The van der Waals surface area contributed by atoms with Crippen LogP contribution < -0.4 is 53.2 Å². The number of rotatable bonds is 23. The van der Waals surface area contributed by atoms with Crippen molar-refractivity contribution in [2.45, 2.75) is 161 Å². The van der Waals surface area contributed by atoms with Crippen LogP contribution in [0.4, 0.5) is 0 Å². The van der Waals surface area contributed by atoms with Crippen LogP contribution in [0.3, 0.4) is 0 Å². The quantitative estimate of drug-likeness (QED) is 0.0150. The van der Waals surface area contributed by atoms with E-state index in [0.29, 0.717) is 21.6 Å². The number of unbranched alkanes of at least 4 members (excludes halogenated alkanes) is 4. The molecule has 33 nitrogen and oxygen atoms in total. The molecule has 33 heteroatoms. The van der Waals surface area contributed by atoms with Crippen molar-refractivity contribution in [3.63, 3.8) is 0 Å². The average molecular weight is 1200 g/mol. The van der Waals surface area contributed by atoms with Crippen molar-refractivity contribution < 1.29 is 97.7 Å². The van der Waals surface area contributed by atoms with Gasteiger partial charge in [-0.15, -0.1) is 0 Å². The number of aliphatic hydroxyl groups excluding tert-OH is 2. The van der Waals surface area contributed by atoms with Crippen molar-refractivity contribution in [3.8, 4) is 0 Å². The highest BCUT2D eigenvalue weighted by molar-refractivity contribution is 5.98. The molecule has 474 valence electrons. The first kappa shape index (κ1) is 74.1. The van der Waals surface area contributed by atoms with E-state index in [1.807, 2.05) is 0 Å². The molecule has 15 N–H and O–H groups in total. The molecule has 0 aliphatic carbocycles. The number of cyclic esters (lactones) is 1. The van der Waals surface area contributed by atoms with Gasteiger partial charge in [0.15, 0.2) is 0 Å². The summed E-state index contributed by atoms with van der Waals surface area (Å²) in [6.45, 7) is 1.27. The maximum absolute atomic E-state index is 14.0. The van der Waals surface area contributed by atoms with E-state index in [4.69, 9.17) is 4.74 Å². The molecule has 0 saturated carbocycles. The van der Waals surface area contributed by atoms with Crippen molar-refractivity contribution in [2.75, 3.05) is 59.1 Å². The Balaban J connectivity index is 3.82. The Kier molecular flexibility index (Phi) is 35.6. The lowest BCUT2D eigenvalue weighted by atomic mass is 10.0. The Hall–Kier alpha value is -7.88. The predicted molar refractivity (Wildman–Crippen MR) is 290 cm³/mol. The van der Waals surface area contributed by atoms with Crippen LogP contribution in [0.15, 0.2) is 12.2 Å². The van der Waals surface area contributed by atoms with Crippen LogP contribution in [-0.4, -0.2) is 225 Å². The maximum atomic E-state index is 14.0. The van der Waals surface area contributed by atoms with Crippen molar-refractivity contribution in [2.24, 2.45) is 5.92 Å². The van der Waals surface area contributed by atoms with Gasteiger partial charge in [-0.2, -0.15) is 0 Å². The minimum Gasteiger partial charge on any atom is -0.462 e. The zero-order valence-corrected chi connectivity index (χ0v) is 48.3. The second-order valence-corrected chi connectivity index (χ2v) is 19.9. The van der Waals surface area contributed by atoms with E-state index >= 15 is 0 Å². The Labute approximate surface area is 485 Å². The summed E-state index contributed by atoms with van der Waals surface area (Å²) in [5.74, 6) is -14.8. The van der Waals surface area contributed by atoms with E-state index in [9.17, 15) is 93.0 Å². The van der Waals surface area contributed by atoms with Gasteiger partial charge in [0.2, 0.25) is 76.8 Å². The number of nitrogens with zero attached hydrogens (tertiary/aromatic N) is 3. The van der Waals surface area contributed by atoms with E-state index < -0.39 is 170 Å². The minimum absolute atomic E-state index is 0.137. The van der Waals surface area contributed by atoms with Gasteiger partial charge >= 0.3 is 5.97 Å². The summed E-state index contributed by atoms with van der Waals surface area (Å²) in [4.78, 5) is 184. The van der Waals surface area contributed by atoms with Crippen molar-refractivity contribution in [3.05, 3.63) is 12.2 Å². The number of amides is 13. The highest BCUT2D eigenvalue weighted by atomic mass is 16.5. The Morgan fingerprint density at radius 2 is 0.952 bits per heavy atom. The normalized spacial score (nSPS) is 21.8. The number of allylic oxidation sites excluding steroid dienone is 1. The molecule has 0 aromatic carbocycles. The largest absolute Gasteiger partial charge is 0.462 e. The Morgan fingerprint density at radius 1 is 0.536 bits per heavy atom. The van der Waals surface area contributed by atoms with Crippen molar-refractivity contribution >= 4 is 82.8 Å². The van der Waals surface area contributed by atoms with Crippen LogP contribution >= 0.6 is 0 Å². The standard InChI is InChI=1S/C51H85N13O20/c1-7-8-9-10-11-12-13-20-40(70)56-39-29-84-43(73)26-54-45(74)34(17-14-21-62(81)31(4)67)55-41(71)24-53-47(76)37(27-65)59-48(77)36(19-16-23-64(83)33(6)69)58-49(78)38(28-66)60-51(80)44(30(2)3)61-42(72)25-52-46(75)35(57-50(39)79)18-15-22-63(82)32(5)68/h12-13,30,34-39,44,65-66,81-83H,7-11,14-29H2,1-6H3,(H,52,75)(H,53,76)(H,54,74)(H,55,71)(H,56,70)(H,57,79)(H,58,78)(H,59,77)(H,60,80)(H,61,72)/b13-12+/t34?,35?,36?,37-,38-,39-,44-/m1/s1. The fourth-order valence-corrected chi connectivity index (χ4v) is 7.61. The lowest BCUT2D eigenvalue weighted by Gasteiger charge is -2.27. The SMILES string of the molecule is CCCCCC/C=C/CC(=O)N[C@@H]1COC(=O)CNC(=O)C(CCCN(O)C(C)=O)NC(=O)CNC(=O)[C@@H](CO)NC(=O)C(CCCN(O)C(C)=O)NC(=O)[C@@H](CO)NC(=O)[C@@H](C(C)C)NC(=O)CNC(=O)C(CCCN(O)C(C)=O)NC1=O. The number of nitrogens with one attached hydrogen (secondary N) is 10. The first-order valence-electron chi connectivity index (χ1n) is 27.5. The lowest BCUT2D eigenvalue weighted by Crippen LogP contribution is -2.60. The van der Waals surface area contributed by atoms with Crippen LogP contribution in [0.1, 0.15) is 119 Å². The summed E-state index contributed by atoms with van der Waals surface area (Å²) in [6, 6.07) is -11.7. The topological polar surface area (TPSA) is 479 Å². The van der Waals surface area contributed by atoms with E-state index in [1.165, 1.54) is 13.8 Å². The molecule has 0 bridgehead atoms.